The van der Waals surface area contributed by atoms with Crippen LogP contribution in [0.2, 0.25) is 0 Å². The van der Waals surface area contributed by atoms with Crippen LogP contribution in [0.4, 0.5) is 0 Å². The third-order valence-electron chi connectivity index (χ3n) is 2.33. The molecule has 84 valence electrons. The minimum absolute atomic E-state index is 0.0779. The standard InChI is InChI=1S/C10H21NO3/c1-5-8(6-2)10(12)11-7-9(13-3)14-4/h8-9H,5-7H2,1-4H3,(H,11,12). The predicted octanol–water partition coefficient (Wildman–Crippen LogP) is 1.16. The summed E-state index contributed by atoms with van der Waals surface area (Å²) in [6.45, 7) is 4.43. The molecule has 0 fully saturated rings. The summed E-state index contributed by atoms with van der Waals surface area (Å²) in [5.41, 5.74) is 0. The van der Waals surface area contributed by atoms with Crippen molar-refractivity contribution in [2.24, 2.45) is 5.92 Å². The summed E-state index contributed by atoms with van der Waals surface area (Å²) in [6, 6.07) is 0. The van der Waals surface area contributed by atoms with Gasteiger partial charge in [0.05, 0.1) is 6.54 Å². The summed E-state index contributed by atoms with van der Waals surface area (Å²) in [6.07, 6.45) is 1.38. The van der Waals surface area contributed by atoms with Gasteiger partial charge in [-0.15, -0.1) is 0 Å². The summed E-state index contributed by atoms with van der Waals surface area (Å²) < 4.78 is 9.92. The lowest BCUT2D eigenvalue weighted by Gasteiger charge is -2.17. The first-order valence-electron chi connectivity index (χ1n) is 5.02. The van der Waals surface area contributed by atoms with Crippen molar-refractivity contribution < 1.29 is 14.3 Å². The Labute approximate surface area is 86.0 Å². The van der Waals surface area contributed by atoms with Gasteiger partial charge in [0, 0.05) is 20.1 Å². The van der Waals surface area contributed by atoms with Crippen LogP contribution in [0.15, 0.2) is 0 Å². The molecule has 0 aromatic heterocycles. The molecule has 0 rings (SSSR count). The van der Waals surface area contributed by atoms with Gasteiger partial charge in [-0.1, -0.05) is 13.8 Å². The van der Waals surface area contributed by atoms with E-state index in [9.17, 15) is 4.79 Å². The fourth-order valence-corrected chi connectivity index (χ4v) is 1.25. The molecule has 1 amide bonds. The number of amides is 1. The highest BCUT2D eigenvalue weighted by Gasteiger charge is 2.15. The molecule has 0 atom stereocenters. The number of nitrogens with one attached hydrogen (secondary N) is 1. The quantitative estimate of drug-likeness (QED) is 0.632. The molecule has 0 aliphatic rings. The summed E-state index contributed by atoms with van der Waals surface area (Å²) in [7, 11) is 3.11. The molecule has 1 N–H and O–H groups in total. The summed E-state index contributed by atoms with van der Waals surface area (Å²) >= 11 is 0. The van der Waals surface area contributed by atoms with Gasteiger partial charge in [0.2, 0.25) is 5.91 Å². The number of ether oxygens (including phenoxy) is 2. The molecule has 0 saturated carbocycles. The fourth-order valence-electron chi connectivity index (χ4n) is 1.25. The van der Waals surface area contributed by atoms with Gasteiger partial charge in [-0.25, -0.2) is 0 Å². The molecule has 0 saturated heterocycles. The second-order valence-electron chi connectivity index (χ2n) is 3.16. The topological polar surface area (TPSA) is 47.6 Å². The van der Waals surface area contributed by atoms with Crippen LogP contribution in [0.1, 0.15) is 26.7 Å². The Kier molecular flexibility index (Phi) is 7.42. The van der Waals surface area contributed by atoms with Gasteiger partial charge in [0.15, 0.2) is 6.29 Å². The van der Waals surface area contributed by atoms with Crippen LogP contribution in [0.25, 0.3) is 0 Å². The Hall–Kier alpha value is -0.610. The van der Waals surface area contributed by atoms with E-state index in [0.29, 0.717) is 6.54 Å². The molecule has 0 unspecified atom stereocenters. The van der Waals surface area contributed by atoms with E-state index in [1.54, 1.807) is 14.2 Å². The Morgan fingerprint density at radius 1 is 1.21 bits per heavy atom. The minimum atomic E-state index is -0.353. The molecule has 4 nitrogen and oxygen atoms in total. The van der Waals surface area contributed by atoms with E-state index in [0.717, 1.165) is 12.8 Å². The van der Waals surface area contributed by atoms with E-state index < -0.39 is 0 Å². The number of hydrogen-bond acceptors (Lipinski definition) is 3. The van der Waals surface area contributed by atoms with Crippen molar-refractivity contribution in [3.05, 3.63) is 0 Å². The first kappa shape index (κ1) is 13.4. The third kappa shape index (κ3) is 4.58. The lowest BCUT2D eigenvalue weighted by Crippen LogP contribution is -2.37. The number of carbonyl (C=O) groups is 1. The average molecular weight is 203 g/mol. The average Bonchev–Trinajstić information content (AvgIpc) is 2.21. The third-order valence-corrected chi connectivity index (χ3v) is 2.33. The molecule has 0 radical (unpaired) electrons. The monoisotopic (exact) mass is 203 g/mol. The fraction of sp³-hybridized carbons (Fsp3) is 0.900. The number of methoxy groups -OCH3 is 2. The van der Waals surface area contributed by atoms with Crippen LogP contribution in [0.5, 0.6) is 0 Å². The van der Waals surface area contributed by atoms with Crippen molar-refractivity contribution in [3.8, 4) is 0 Å². The molecule has 0 aromatic rings. The minimum Gasteiger partial charge on any atom is -0.354 e. The van der Waals surface area contributed by atoms with Gasteiger partial charge < -0.3 is 14.8 Å². The Balaban J connectivity index is 3.81. The SMILES string of the molecule is CCC(CC)C(=O)NCC(OC)OC. The van der Waals surface area contributed by atoms with Crippen molar-refractivity contribution in [2.75, 3.05) is 20.8 Å². The number of rotatable bonds is 7. The van der Waals surface area contributed by atoms with Crippen molar-refractivity contribution in [1.82, 2.24) is 5.32 Å². The maximum Gasteiger partial charge on any atom is 0.223 e. The van der Waals surface area contributed by atoms with Gasteiger partial charge in [-0.3, -0.25) is 4.79 Å². The van der Waals surface area contributed by atoms with E-state index in [1.165, 1.54) is 0 Å². The van der Waals surface area contributed by atoms with Crippen LogP contribution in [0.3, 0.4) is 0 Å². The predicted molar refractivity (Wildman–Crippen MR) is 54.9 cm³/mol. The summed E-state index contributed by atoms with van der Waals surface area (Å²) in [4.78, 5) is 11.5. The van der Waals surface area contributed by atoms with Crippen molar-refractivity contribution in [1.29, 1.82) is 0 Å². The lowest BCUT2D eigenvalue weighted by atomic mass is 10.0. The molecule has 4 heteroatoms. The number of hydrogen-bond donors (Lipinski definition) is 1. The van der Waals surface area contributed by atoms with Gasteiger partial charge in [0.1, 0.15) is 0 Å². The first-order valence-corrected chi connectivity index (χ1v) is 5.02. The molecule has 14 heavy (non-hydrogen) atoms. The van der Waals surface area contributed by atoms with Crippen LogP contribution in [0, 0.1) is 5.92 Å². The van der Waals surface area contributed by atoms with Crippen molar-refractivity contribution >= 4 is 5.91 Å². The Morgan fingerprint density at radius 3 is 2.07 bits per heavy atom. The van der Waals surface area contributed by atoms with Crippen molar-refractivity contribution in [2.45, 2.75) is 33.0 Å². The maximum atomic E-state index is 11.5. The molecule has 0 aromatic carbocycles. The zero-order valence-corrected chi connectivity index (χ0v) is 9.50. The molecule has 0 aliphatic heterocycles. The highest BCUT2D eigenvalue weighted by Crippen LogP contribution is 2.06. The maximum absolute atomic E-state index is 11.5. The smallest absolute Gasteiger partial charge is 0.223 e. The molecule has 0 aliphatic carbocycles. The molecular formula is C10H21NO3. The second-order valence-corrected chi connectivity index (χ2v) is 3.16. The van der Waals surface area contributed by atoms with E-state index in [1.807, 2.05) is 13.8 Å². The van der Waals surface area contributed by atoms with Crippen LogP contribution >= 0.6 is 0 Å². The van der Waals surface area contributed by atoms with Crippen LogP contribution in [-0.4, -0.2) is 33.0 Å². The van der Waals surface area contributed by atoms with E-state index >= 15 is 0 Å². The molecule has 0 bridgehead atoms. The Bertz CT molecular complexity index is 153. The van der Waals surface area contributed by atoms with Gasteiger partial charge in [-0.05, 0) is 12.8 Å². The second kappa shape index (κ2) is 7.76. The zero-order valence-electron chi connectivity index (χ0n) is 9.50. The Morgan fingerprint density at radius 2 is 1.71 bits per heavy atom. The van der Waals surface area contributed by atoms with Gasteiger partial charge >= 0.3 is 0 Å². The van der Waals surface area contributed by atoms with Crippen LogP contribution in [-0.2, 0) is 14.3 Å². The molecule has 0 spiro atoms. The van der Waals surface area contributed by atoms with E-state index in [-0.39, 0.29) is 18.1 Å². The summed E-state index contributed by atoms with van der Waals surface area (Å²) in [5, 5.41) is 2.80. The largest absolute Gasteiger partial charge is 0.354 e. The van der Waals surface area contributed by atoms with Crippen LogP contribution < -0.4 is 5.32 Å². The first-order chi connectivity index (χ1) is 6.69. The highest BCUT2D eigenvalue weighted by atomic mass is 16.7. The van der Waals surface area contributed by atoms with E-state index in [4.69, 9.17) is 9.47 Å². The van der Waals surface area contributed by atoms with Gasteiger partial charge in [-0.2, -0.15) is 0 Å². The van der Waals surface area contributed by atoms with Crippen molar-refractivity contribution in [3.63, 3.8) is 0 Å². The van der Waals surface area contributed by atoms with E-state index in [2.05, 4.69) is 5.32 Å². The lowest BCUT2D eigenvalue weighted by molar-refractivity contribution is -0.131. The summed E-state index contributed by atoms with van der Waals surface area (Å²) in [5.74, 6) is 0.179. The molecule has 0 heterocycles. The normalized spacial score (nSPS) is 11.0. The number of carbonyl (C=O) groups excluding carboxylic acids is 1. The van der Waals surface area contributed by atoms with Gasteiger partial charge in [0.25, 0.3) is 0 Å². The molecular weight excluding hydrogens is 182 g/mol. The zero-order chi connectivity index (χ0) is 11.0. The highest BCUT2D eigenvalue weighted by molar-refractivity contribution is 5.78.